The van der Waals surface area contributed by atoms with Crippen LogP contribution in [0.15, 0.2) is 36.7 Å². The maximum Gasteiger partial charge on any atom is 0.146 e. The van der Waals surface area contributed by atoms with Gasteiger partial charge in [-0.3, -0.25) is 0 Å². The van der Waals surface area contributed by atoms with Gasteiger partial charge in [0.1, 0.15) is 12.2 Å². The number of hydrogen-bond acceptors (Lipinski definition) is 3. The van der Waals surface area contributed by atoms with Gasteiger partial charge < -0.3 is 9.88 Å². The maximum absolute atomic E-state index is 4.22. The van der Waals surface area contributed by atoms with Crippen molar-refractivity contribution in [2.24, 2.45) is 0 Å². The van der Waals surface area contributed by atoms with E-state index in [-0.39, 0.29) is 0 Å². The molecule has 0 aliphatic heterocycles. The highest BCUT2D eigenvalue weighted by Gasteiger charge is 2.26. The minimum atomic E-state index is 0.545. The first-order valence-electron chi connectivity index (χ1n) is 8.03. The maximum atomic E-state index is 4.22. The van der Waals surface area contributed by atoms with Crippen molar-refractivity contribution in [2.45, 2.75) is 57.7 Å². The SMILES string of the molecule is CCn1cnnc1CN[C@H]1CCCC[C@@H]1c1ccccc1. The van der Waals surface area contributed by atoms with Crippen molar-refractivity contribution >= 4 is 0 Å². The van der Waals surface area contributed by atoms with Crippen LogP contribution in [-0.4, -0.2) is 20.8 Å². The van der Waals surface area contributed by atoms with Crippen LogP contribution in [0.5, 0.6) is 0 Å². The lowest BCUT2D eigenvalue weighted by Gasteiger charge is -2.32. The van der Waals surface area contributed by atoms with Crippen molar-refractivity contribution in [1.82, 2.24) is 20.1 Å². The summed E-state index contributed by atoms with van der Waals surface area (Å²) in [4.78, 5) is 0. The van der Waals surface area contributed by atoms with E-state index in [4.69, 9.17) is 0 Å². The fourth-order valence-electron chi connectivity index (χ4n) is 3.38. The van der Waals surface area contributed by atoms with E-state index in [9.17, 15) is 0 Å². The molecule has 0 amide bonds. The summed E-state index contributed by atoms with van der Waals surface area (Å²) >= 11 is 0. The molecule has 0 spiro atoms. The quantitative estimate of drug-likeness (QED) is 0.917. The van der Waals surface area contributed by atoms with Gasteiger partial charge in [-0.05, 0) is 31.2 Å². The third kappa shape index (κ3) is 3.32. The second-order valence-corrected chi connectivity index (χ2v) is 5.82. The number of aryl methyl sites for hydroxylation is 1. The fourth-order valence-corrected chi connectivity index (χ4v) is 3.38. The monoisotopic (exact) mass is 284 g/mol. The molecule has 0 bridgehead atoms. The Kier molecular flexibility index (Phi) is 4.65. The van der Waals surface area contributed by atoms with E-state index in [1.165, 1.54) is 31.2 Å². The molecule has 0 saturated heterocycles. The van der Waals surface area contributed by atoms with Gasteiger partial charge >= 0.3 is 0 Å². The molecule has 1 aliphatic carbocycles. The summed E-state index contributed by atoms with van der Waals surface area (Å²) < 4.78 is 2.10. The highest BCUT2D eigenvalue weighted by atomic mass is 15.3. The third-order valence-electron chi connectivity index (χ3n) is 4.55. The molecule has 21 heavy (non-hydrogen) atoms. The van der Waals surface area contributed by atoms with Crippen LogP contribution in [0.3, 0.4) is 0 Å². The molecule has 3 rings (SSSR count). The molecule has 1 fully saturated rings. The molecule has 4 heteroatoms. The fraction of sp³-hybridized carbons (Fsp3) is 0.529. The zero-order valence-corrected chi connectivity index (χ0v) is 12.7. The van der Waals surface area contributed by atoms with Crippen LogP contribution >= 0.6 is 0 Å². The Morgan fingerprint density at radius 3 is 2.81 bits per heavy atom. The van der Waals surface area contributed by atoms with Gasteiger partial charge in [-0.2, -0.15) is 0 Å². The van der Waals surface area contributed by atoms with Crippen LogP contribution in [0.1, 0.15) is 49.9 Å². The van der Waals surface area contributed by atoms with Crippen LogP contribution < -0.4 is 5.32 Å². The summed E-state index contributed by atoms with van der Waals surface area (Å²) in [6.07, 6.45) is 7.00. The molecule has 1 aliphatic rings. The van der Waals surface area contributed by atoms with Crippen molar-refractivity contribution in [1.29, 1.82) is 0 Å². The van der Waals surface area contributed by atoms with Gasteiger partial charge in [0.15, 0.2) is 0 Å². The zero-order chi connectivity index (χ0) is 14.5. The molecule has 1 heterocycles. The van der Waals surface area contributed by atoms with E-state index in [1.807, 2.05) is 6.33 Å². The van der Waals surface area contributed by atoms with E-state index in [0.29, 0.717) is 12.0 Å². The number of benzene rings is 1. The first-order chi connectivity index (χ1) is 10.4. The van der Waals surface area contributed by atoms with Gasteiger partial charge in [-0.15, -0.1) is 10.2 Å². The molecule has 4 nitrogen and oxygen atoms in total. The van der Waals surface area contributed by atoms with Crippen LogP contribution in [0.25, 0.3) is 0 Å². The lowest BCUT2D eigenvalue weighted by molar-refractivity contribution is 0.322. The molecule has 112 valence electrons. The van der Waals surface area contributed by atoms with Gasteiger partial charge in [-0.1, -0.05) is 43.2 Å². The molecule has 2 aromatic rings. The van der Waals surface area contributed by atoms with Crippen LogP contribution in [0.4, 0.5) is 0 Å². The van der Waals surface area contributed by atoms with Crippen molar-refractivity contribution < 1.29 is 0 Å². The molecule has 0 unspecified atom stereocenters. The number of nitrogens with one attached hydrogen (secondary N) is 1. The topological polar surface area (TPSA) is 42.7 Å². The van der Waals surface area contributed by atoms with Crippen LogP contribution in [-0.2, 0) is 13.1 Å². The average molecular weight is 284 g/mol. The lowest BCUT2D eigenvalue weighted by atomic mass is 9.80. The van der Waals surface area contributed by atoms with E-state index in [0.717, 1.165) is 18.9 Å². The van der Waals surface area contributed by atoms with Crippen molar-refractivity contribution in [3.05, 3.63) is 48.0 Å². The van der Waals surface area contributed by atoms with E-state index in [2.05, 4.69) is 57.3 Å². The van der Waals surface area contributed by atoms with E-state index >= 15 is 0 Å². The van der Waals surface area contributed by atoms with E-state index in [1.54, 1.807) is 0 Å². The molecule has 1 saturated carbocycles. The van der Waals surface area contributed by atoms with Gasteiger partial charge in [-0.25, -0.2) is 0 Å². The highest BCUT2D eigenvalue weighted by molar-refractivity contribution is 5.22. The lowest BCUT2D eigenvalue weighted by Crippen LogP contribution is -2.37. The van der Waals surface area contributed by atoms with E-state index < -0.39 is 0 Å². The second-order valence-electron chi connectivity index (χ2n) is 5.82. The second kappa shape index (κ2) is 6.85. The minimum Gasteiger partial charge on any atom is -0.317 e. The molecular formula is C17H24N4. The predicted molar refractivity (Wildman–Crippen MR) is 84.0 cm³/mol. The summed E-state index contributed by atoms with van der Waals surface area (Å²) in [7, 11) is 0. The summed E-state index contributed by atoms with van der Waals surface area (Å²) in [5, 5.41) is 12.0. The molecular weight excluding hydrogens is 260 g/mol. The van der Waals surface area contributed by atoms with Gasteiger partial charge in [0.05, 0.1) is 6.54 Å². The Morgan fingerprint density at radius 2 is 2.00 bits per heavy atom. The Morgan fingerprint density at radius 1 is 1.19 bits per heavy atom. The number of aromatic nitrogens is 3. The molecule has 1 N–H and O–H groups in total. The first kappa shape index (κ1) is 14.3. The zero-order valence-electron chi connectivity index (χ0n) is 12.7. The van der Waals surface area contributed by atoms with Crippen molar-refractivity contribution in [2.75, 3.05) is 0 Å². The van der Waals surface area contributed by atoms with Crippen molar-refractivity contribution in [3.63, 3.8) is 0 Å². The summed E-state index contributed by atoms with van der Waals surface area (Å²) in [5.74, 6) is 1.66. The molecule has 0 radical (unpaired) electrons. The number of nitrogens with zero attached hydrogens (tertiary/aromatic N) is 3. The molecule has 1 aromatic carbocycles. The minimum absolute atomic E-state index is 0.545. The Balaban J connectivity index is 1.67. The average Bonchev–Trinajstić information content (AvgIpc) is 3.01. The largest absolute Gasteiger partial charge is 0.317 e. The van der Waals surface area contributed by atoms with Gasteiger partial charge in [0.25, 0.3) is 0 Å². The van der Waals surface area contributed by atoms with Gasteiger partial charge in [0.2, 0.25) is 0 Å². The molecule has 2 atom stereocenters. The Labute approximate surface area is 126 Å². The highest BCUT2D eigenvalue weighted by Crippen LogP contribution is 2.33. The Hall–Kier alpha value is -1.68. The van der Waals surface area contributed by atoms with Crippen molar-refractivity contribution in [3.8, 4) is 0 Å². The summed E-state index contributed by atoms with van der Waals surface area (Å²) in [5.41, 5.74) is 1.46. The number of rotatable bonds is 5. The summed E-state index contributed by atoms with van der Waals surface area (Å²) in [6.45, 7) is 3.86. The summed E-state index contributed by atoms with van der Waals surface area (Å²) in [6, 6.07) is 11.5. The molecule has 1 aromatic heterocycles. The van der Waals surface area contributed by atoms with Crippen LogP contribution in [0.2, 0.25) is 0 Å². The van der Waals surface area contributed by atoms with Gasteiger partial charge in [0, 0.05) is 12.6 Å². The standard InChI is InChI=1S/C17H24N4/c1-2-21-13-19-20-17(21)12-18-16-11-7-6-10-15(16)14-8-4-3-5-9-14/h3-5,8-9,13,15-16,18H,2,6-7,10-12H2,1H3/t15-,16+/m1/s1. The third-order valence-corrected chi connectivity index (χ3v) is 4.55. The predicted octanol–water partition coefficient (Wildman–Crippen LogP) is 3.11. The first-order valence-corrected chi connectivity index (χ1v) is 8.03. The number of hydrogen-bond donors (Lipinski definition) is 1. The Bertz CT molecular complexity index is 549. The van der Waals surface area contributed by atoms with Crippen LogP contribution in [0, 0.1) is 0 Å². The smallest absolute Gasteiger partial charge is 0.146 e. The normalized spacial score (nSPS) is 22.3.